The van der Waals surface area contributed by atoms with E-state index in [1.54, 1.807) is 40.1 Å². The summed E-state index contributed by atoms with van der Waals surface area (Å²) in [5.74, 6) is 0.459. The van der Waals surface area contributed by atoms with E-state index in [9.17, 15) is 14.9 Å². The number of hydrogen-bond acceptors (Lipinski definition) is 11. The van der Waals surface area contributed by atoms with Gasteiger partial charge < -0.3 is 10.6 Å². The van der Waals surface area contributed by atoms with E-state index in [4.69, 9.17) is 0 Å². The summed E-state index contributed by atoms with van der Waals surface area (Å²) in [4.78, 5) is 41.2. The molecule has 2 aromatic carbocycles. The lowest BCUT2D eigenvalue weighted by Crippen LogP contribution is -2.20. The summed E-state index contributed by atoms with van der Waals surface area (Å²) in [7, 11) is 1.79. The van der Waals surface area contributed by atoms with Crippen molar-refractivity contribution in [2.24, 2.45) is 7.05 Å². The lowest BCUT2D eigenvalue weighted by Gasteiger charge is -2.10. The third-order valence-electron chi connectivity index (χ3n) is 5.41. The van der Waals surface area contributed by atoms with Gasteiger partial charge in [0.15, 0.2) is 5.13 Å². The molecule has 5 rings (SSSR count). The Labute approximate surface area is 213 Å². The van der Waals surface area contributed by atoms with E-state index in [0.29, 0.717) is 27.9 Å². The average Bonchev–Trinajstić information content (AvgIpc) is 3.47. The number of benzene rings is 2. The second kappa shape index (κ2) is 9.87. The molecule has 0 bridgehead atoms. The van der Waals surface area contributed by atoms with Gasteiger partial charge in [0.2, 0.25) is 17.8 Å². The molecule has 186 valence electrons. The summed E-state index contributed by atoms with van der Waals surface area (Å²) >= 11 is 1.37. The molecule has 5 aromatic rings. The van der Waals surface area contributed by atoms with Gasteiger partial charge >= 0.3 is 0 Å². The highest BCUT2D eigenvalue weighted by atomic mass is 32.1. The number of non-ortho nitro benzene ring substituents is 1. The van der Waals surface area contributed by atoms with Crippen molar-refractivity contribution in [3.8, 4) is 5.69 Å². The van der Waals surface area contributed by atoms with Gasteiger partial charge in [-0.3, -0.25) is 24.9 Å². The summed E-state index contributed by atoms with van der Waals surface area (Å²) in [6, 6.07) is 15.1. The first-order valence-corrected chi connectivity index (χ1v) is 11.8. The number of nitro groups is 1. The number of hydrogen-bond donors (Lipinski definition) is 3. The van der Waals surface area contributed by atoms with Gasteiger partial charge in [-0.2, -0.15) is 15.0 Å². The van der Waals surface area contributed by atoms with E-state index in [-0.39, 0.29) is 29.1 Å². The van der Waals surface area contributed by atoms with Gasteiger partial charge in [0.05, 0.1) is 16.3 Å². The van der Waals surface area contributed by atoms with E-state index in [1.165, 1.54) is 23.5 Å². The molecule has 3 heterocycles. The molecule has 3 N–H and O–H groups in total. The maximum Gasteiger partial charge on any atom is 0.295 e. The predicted octanol–water partition coefficient (Wildman–Crippen LogP) is 4.26. The van der Waals surface area contributed by atoms with Crippen LogP contribution in [0.2, 0.25) is 0 Å². The van der Waals surface area contributed by atoms with Crippen LogP contribution in [0.25, 0.3) is 5.69 Å². The van der Waals surface area contributed by atoms with Crippen LogP contribution < -0.4 is 21.5 Å². The molecule has 0 fully saturated rings. The first-order chi connectivity index (χ1) is 17.9. The number of nitro benzene ring substituents is 1. The Morgan fingerprint density at radius 1 is 0.919 bits per heavy atom. The fourth-order valence-electron chi connectivity index (χ4n) is 3.54. The summed E-state index contributed by atoms with van der Waals surface area (Å²) < 4.78 is 3.29. The van der Waals surface area contributed by atoms with Crippen molar-refractivity contribution in [2.75, 3.05) is 16.0 Å². The molecule has 0 aliphatic heterocycles. The standard InChI is InChI=1S/C23H20N10O3S/c1-14-18(19(34)32(31(14)2)16-6-4-3-5-7-16)26-21-27-20(25-15-8-10-17(11-9-15)33(35)36)28-22(29-21)30-23-24-12-13-37-23/h3-13H,1-2H3,(H3,24,25,26,27,28,29,30). The van der Waals surface area contributed by atoms with Crippen molar-refractivity contribution in [3.63, 3.8) is 0 Å². The van der Waals surface area contributed by atoms with Crippen molar-refractivity contribution in [2.45, 2.75) is 6.92 Å². The molecular weight excluding hydrogens is 496 g/mol. The van der Waals surface area contributed by atoms with E-state index < -0.39 is 4.92 Å². The first kappa shape index (κ1) is 23.6. The van der Waals surface area contributed by atoms with Gasteiger partial charge in [0.25, 0.3) is 11.2 Å². The monoisotopic (exact) mass is 516 g/mol. The molecular formula is C23H20N10O3S. The van der Waals surface area contributed by atoms with Crippen molar-refractivity contribution in [1.82, 2.24) is 29.3 Å². The molecule has 0 radical (unpaired) electrons. The number of anilines is 6. The van der Waals surface area contributed by atoms with Crippen LogP contribution >= 0.6 is 11.3 Å². The summed E-state index contributed by atoms with van der Waals surface area (Å²) in [6.07, 6.45) is 1.64. The summed E-state index contributed by atoms with van der Waals surface area (Å²) in [6.45, 7) is 1.81. The Balaban J connectivity index is 1.51. The molecule has 0 spiro atoms. The highest BCUT2D eigenvalue weighted by Crippen LogP contribution is 2.23. The molecule has 0 unspecified atom stereocenters. The normalized spacial score (nSPS) is 10.8. The molecule has 14 heteroatoms. The molecule has 0 aliphatic rings. The van der Waals surface area contributed by atoms with Crippen LogP contribution in [0.4, 0.5) is 40.0 Å². The van der Waals surface area contributed by atoms with E-state index in [2.05, 4.69) is 35.9 Å². The fraction of sp³-hybridized carbons (Fsp3) is 0.0870. The zero-order chi connectivity index (χ0) is 25.9. The van der Waals surface area contributed by atoms with E-state index in [1.807, 2.05) is 37.3 Å². The largest absolute Gasteiger partial charge is 0.324 e. The number of rotatable bonds is 8. The molecule has 3 aromatic heterocycles. The van der Waals surface area contributed by atoms with Crippen LogP contribution in [-0.4, -0.2) is 34.2 Å². The van der Waals surface area contributed by atoms with E-state index >= 15 is 0 Å². The molecule has 0 aliphatic carbocycles. The van der Waals surface area contributed by atoms with Crippen LogP contribution in [0.1, 0.15) is 5.69 Å². The molecule has 13 nitrogen and oxygen atoms in total. The minimum absolute atomic E-state index is 0.0380. The predicted molar refractivity (Wildman–Crippen MR) is 141 cm³/mol. The van der Waals surface area contributed by atoms with Gasteiger partial charge in [-0.15, -0.1) is 11.3 Å². The zero-order valence-corrected chi connectivity index (χ0v) is 20.4. The molecule has 0 amide bonds. The Morgan fingerprint density at radius 3 is 2.19 bits per heavy atom. The average molecular weight is 517 g/mol. The number of nitrogens with one attached hydrogen (secondary N) is 3. The quantitative estimate of drug-likeness (QED) is 0.201. The van der Waals surface area contributed by atoms with E-state index in [0.717, 1.165) is 0 Å². The minimum Gasteiger partial charge on any atom is -0.324 e. The Bertz CT molecular complexity index is 1610. The zero-order valence-electron chi connectivity index (χ0n) is 19.6. The lowest BCUT2D eigenvalue weighted by atomic mass is 10.3. The molecule has 0 saturated carbocycles. The maximum atomic E-state index is 13.3. The van der Waals surface area contributed by atoms with Crippen LogP contribution in [0.15, 0.2) is 71.0 Å². The minimum atomic E-state index is -0.477. The highest BCUT2D eigenvalue weighted by Gasteiger charge is 2.18. The number of thiazole rings is 1. The van der Waals surface area contributed by atoms with Crippen molar-refractivity contribution in [1.29, 1.82) is 0 Å². The van der Waals surface area contributed by atoms with Gasteiger partial charge in [0, 0.05) is 36.4 Å². The van der Waals surface area contributed by atoms with Gasteiger partial charge in [-0.05, 0) is 31.2 Å². The smallest absolute Gasteiger partial charge is 0.295 e. The Kier molecular flexibility index (Phi) is 6.30. The van der Waals surface area contributed by atoms with Crippen LogP contribution in [-0.2, 0) is 7.05 Å². The number of aromatic nitrogens is 6. The molecule has 0 atom stereocenters. The highest BCUT2D eigenvalue weighted by molar-refractivity contribution is 7.13. The third kappa shape index (κ3) is 4.99. The van der Waals surface area contributed by atoms with Crippen molar-refractivity contribution >= 4 is 51.4 Å². The fourth-order valence-corrected chi connectivity index (χ4v) is 4.07. The van der Waals surface area contributed by atoms with Gasteiger partial charge in [-0.1, -0.05) is 18.2 Å². The number of nitrogens with zero attached hydrogens (tertiary/aromatic N) is 7. The maximum absolute atomic E-state index is 13.3. The molecule has 37 heavy (non-hydrogen) atoms. The number of para-hydroxylation sites is 1. The van der Waals surface area contributed by atoms with Gasteiger partial charge in [-0.25, -0.2) is 9.67 Å². The lowest BCUT2D eigenvalue weighted by molar-refractivity contribution is -0.384. The second-order valence-electron chi connectivity index (χ2n) is 7.76. The van der Waals surface area contributed by atoms with Crippen molar-refractivity contribution < 1.29 is 4.92 Å². The van der Waals surface area contributed by atoms with Crippen LogP contribution in [0.3, 0.4) is 0 Å². The Morgan fingerprint density at radius 2 is 1.57 bits per heavy atom. The molecule has 0 saturated heterocycles. The van der Waals surface area contributed by atoms with Crippen molar-refractivity contribution in [3.05, 3.63) is 92.3 Å². The van der Waals surface area contributed by atoms with Crippen LogP contribution in [0.5, 0.6) is 0 Å². The SMILES string of the molecule is Cc1c(Nc2nc(Nc3ccc([N+](=O)[O-])cc3)nc(Nc3nccs3)n2)c(=O)n(-c2ccccc2)n1C. The first-order valence-electron chi connectivity index (χ1n) is 10.9. The summed E-state index contributed by atoms with van der Waals surface area (Å²) in [5, 5.41) is 22.4. The van der Waals surface area contributed by atoms with Crippen LogP contribution in [0, 0.1) is 17.0 Å². The van der Waals surface area contributed by atoms with Gasteiger partial charge in [0.1, 0.15) is 5.69 Å². The Hall–Kier alpha value is -5.11. The second-order valence-corrected chi connectivity index (χ2v) is 8.65. The third-order valence-corrected chi connectivity index (χ3v) is 6.10. The topological polar surface area (TPSA) is 158 Å². The summed E-state index contributed by atoms with van der Waals surface area (Å²) in [5.41, 5.74) is 1.92.